The van der Waals surface area contributed by atoms with Crippen LogP contribution in [0.3, 0.4) is 0 Å². The van der Waals surface area contributed by atoms with E-state index in [0.717, 1.165) is 10.6 Å². The number of thiophene rings is 1. The molecule has 0 bridgehead atoms. The summed E-state index contributed by atoms with van der Waals surface area (Å²) >= 11 is 1.57. The van der Waals surface area contributed by atoms with Gasteiger partial charge in [0.05, 0.1) is 16.9 Å². The Balaban J connectivity index is 1.77. The lowest BCUT2D eigenvalue weighted by atomic mass is 10.1. The van der Waals surface area contributed by atoms with E-state index in [1.54, 1.807) is 23.7 Å². The van der Waals surface area contributed by atoms with Crippen LogP contribution in [0.1, 0.15) is 42.4 Å². The number of carboxylic acids is 1. The van der Waals surface area contributed by atoms with Gasteiger partial charge < -0.3 is 14.3 Å². The zero-order valence-electron chi connectivity index (χ0n) is 12.3. The third-order valence-corrected chi connectivity index (χ3v) is 4.53. The molecule has 0 aromatic carbocycles. The zero-order valence-corrected chi connectivity index (χ0v) is 13.1. The van der Waals surface area contributed by atoms with Crippen molar-refractivity contribution in [3.63, 3.8) is 0 Å². The van der Waals surface area contributed by atoms with Gasteiger partial charge in [0.1, 0.15) is 11.8 Å². The number of carboxylic acid groups (broad SMARTS) is 1. The number of nitrogens with zero attached hydrogens (tertiary/aromatic N) is 2. The van der Waals surface area contributed by atoms with Crippen molar-refractivity contribution in [1.29, 1.82) is 0 Å². The first-order valence-corrected chi connectivity index (χ1v) is 8.20. The fourth-order valence-electron chi connectivity index (χ4n) is 2.53. The summed E-state index contributed by atoms with van der Waals surface area (Å²) in [5, 5.41) is 18.3. The molecule has 0 spiro atoms. The molecule has 23 heavy (non-hydrogen) atoms. The Labute approximate surface area is 137 Å². The van der Waals surface area contributed by atoms with Crippen molar-refractivity contribution in [3.05, 3.63) is 46.5 Å². The van der Waals surface area contributed by atoms with Crippen molar-refractivity contribution in [2.75, 3.05) is 0 Å². The van der Waals surface area contributed by atoms with E-state index in [-0.39, 0.29) is 31.2 Å². The molecule has 1 amide bonds. The quantitative estimate of drug-likeness (QED) is 0.809. The second-order valence-corrected chi connectivity index (χ2v) is 6.17. The summed E-state index contributed by atoms with van der Waals surface area (Å²) in [4.78, 5) is 23.9. The number of carbonyl (C=O) groups excluding carboxylic acids is 2. The lowest BCUT2D eigenvalue weighted by molar-refractivity contribution is -0.305. The van der Waals surface area contributed by atoms with E-state index in [4.69, 9.17) is 4.42 Å². The van der Waals surface area contributed by atoms with Gasteiger partial charge in [-0.15, -0.1) is 11.3 Å². The maximum absolute atomic E-state index is 12.4. The van der Waals surface area contributed by atoms with E-state index >= 15 is 0 Å². The van der Waals surface area contributed by atoms with E-state index < -0.39 is 5.97 Å². The fourth-order valence-corrected chi connectivity index (χ4v) is 3.25. The Hall–Kier alpha value is -2.41. The van der Waals surface area contributed by atoms with Crippen LogP contribution in [-0.2, 0) is 9.59 Å². The number of amides is 1. The number of aliphatic carboxylic acids is 1. The van der Waals surface area contributed by atoms with Crippen LogP contribution in [-0.4, -0.2) is 22.6 Å². The SMILES string of the molecule is O=C([O-])CCCC(=O)N1N=C(c2cccs2)CC1c1ccco1. The van der Waals surface area contributed by atoms with Gasteiger partial charge in [0.25, 0.3) is 0 Å². The van der Waals surface area contributed by atoms with Gasteiger partial charge in [0, 0.05) is 18.8 Å². The van der Waals surface area contributed by atoms with Crippen LogP contribution in [0.15, 0.2) is 45.4 Å². The molecule has 1 atom stereocenters. The van der Waals surface area contributed by atoms with Gasteiger partial charge in [-0.2, -0.15) is 5.10 Å². The van der Waals surface area contributed by atoms with Crippen molar-refractivity contribution in [2.45, 2.75) is 31.7 Å². The molecule has 2 aromatic rings. The lowest BCUT2D eigenvalue weighted by Crippen LogP contribution is -2.27. The minimum atomic E-state index is -1.15. The van der Waals surface area contributed by atoms with Gasteiger partial charge in [0.15, 0.2) is 0 Å². The molecule has 0 fully saturated rings. The second-order valence-electron chi connectivity index (χ2n) is 5.22. The minimum absolute atomic E-state index is 0.117. The summed E-state index contributed by atoms with van der Waals surface area (Å²) in [5.41, 5.74) is 0.842. The van der Waals surface area contributed by atoms with Crippen molar-refractivity contribution >= 4 is 28.9 Å². The number of rotatable bonds is 6. The zero-order chi connectivity index (χ0) is 16.2. The van der Waals surface area contributed by atoms with Gasteiger partial charge in [0.2, 0.25) is 5.91 Å². The van der Waals surface area contributed by atoms with Crippen LogP contribution in [0.4, 0.5) is 0 Å². The van der Waals surface area contributed by atoms with Crippen LogP contribution in [0.2, 0.25) is 0 Å². The number of hydrazone groups is 1. The van der Waals surface area contributed by atoms with Gasteiger partial charge >= 0.3 is 0 Å². The first kappa shape index (κ1) is 15.5. The van der Waals surface area contributed by atoms with Crippen molar-refractivity contribution in [3.8, 4) is 0 Å². The molecule has 1 unspecified atom stereocenters. The van der Waals surface area contributed by atoms with Crippen LogP contribution in [0.25, 0.3) is 0 Å². The molecule has 1 aliphatic rings. The van der Waals surface area contributed by atoms with Crippen LogP contribution in [0.5, 0.6) is 0 Å². The molecular formula is C16H15N2O4S-. The van der Waals surface area contributed by atoms with Crippen LogP contribution in [0, 0.1) is 0 Å². The summed E-state index contributed by atoms with van der Waals surface area (Å²) < 4.78 is 5.44. The Kier molecular flexibility index (Phi) is 4.57. The highest BCUT2D eigenvalue weighted by atomic mass is 32.1. The monoisotopic (exact) mass is 331 g/mol. The van der Waals surface area contributed by atoms with Crippen LogP contribution < -0.4 is 5.11 Å². The summed E-state index contributed by atoms with van der Waals surface area (Å²) in [6.45, 7) is 0. The highest BCUT2D eigenvalue weighted by molar-refractivity contribution is 7.12. The van der Waals surface area contributed by atoms with Crippen LogP contribution >= 0.6 is 11.3 Å². The molecule has 0 radical (unpaired) electrons. The van der Waals surface area contributed by atoms with Crippen molar-refractivity contribution in [2.24, 2.45) is 5.10 Å². The standard InChI is InChI=1S/C16H16N2O4S/c19-15(6-1-7-16(20)21)18-12(13-4-2-8-22-13)10-11(17-18)14-5-3-9-23-14/h2-5,8-9,12H,1,6-7,10H2,(H,20,21)/p-1. The Morgan fingerprint density at radius 2 is 2.22 bits per heavy atom. The molecule has 2 aromatic heterocycles. The molecule has 0 saturated carbocycles. The van der Waals surface area contributed by atoms with Crippen molar-refractivity contribution < 1.29 is 19.1 Å². The molecular weight excluding hydrogens is 316 g/mol. The number of hydrogen-bond acceptors (Lipinski definition) is 6. The molecule has 1 aliphatic heterocycles. The first-order chi connectivity index (χ1) is 11.1. The van der Waals surface area contributed by atoms with Gasteiger partial charge in [-0.05, 0) is 36.4 Å². The maximum Gasteiger partial charge on any atom is 0.243 e. The van der Waals surface area contributed by atoms with Crippen molar-refractivity contribution in [1.82, 2.24) is 5.01 Å². The molecule has 3 heterocycles. The van der Waals surface area contributed by atoms with E-state index in [1.165, 1.54) is 5.01 Å². The minimum Gasteiger partial charge on any atom is -0.550 e. The predicted molar refractivity (Wildman–Crippen MR) is 82.6 cm³/mol. The smallest absolute Gasteiger partial charge is 0.243 e. The summed E-state index contributed by atoms with van der Waals surface area (Å²) in [6.07, 6.45) is 2.38. The lowest BCUT2D eigenvalue weighted by Gasteiger charge is -2.19. The third kappa shape index (κ3) is 3.50. The largest absolute Gasteiger partial charge is 0.550 e. The van der Waals surface area contributed by atoms with Gasteiger partial charge in [-0.3, -0.25) is 4.79 Å². The molecule has 7 heteroatoms. The van der Waals surface area contributed by atoms with Gasteiger partial charge in [-0.25, -0.2) is 5.01 Å². The number of carbonyl (C=O) groups is 2. The first-order valence-electron chi connectivity index (χ1n) is 7.32. The average molecular weight is 331 g/mol. The fraction of sp³-hybridized carbons (Fsp3) is 0.312. The number of furan rings is 1. The summed E-state index contributed by atoms with van der Waals surface area (Å²) in [6, 6.07) is 7.22. The highest BCUT2D eigenvalue weighted by Crippen LogP contribution is 2.34. The van der Waals surface area contributed by atoms with E-state index in [2.05, 4.69) is 5.10 Å². The molecule has 6 nitrogen and oxygen atoms in total. The number of hydrogen-bond donors (Lipinski definition) is 0. The second kappa shape index (κ2) is 6.78. The molecule has 0 saturated heterocycles. The Bertz CT molecular complexity index is 707. The van der Waals surface area contributed by atoms with E-state index in [1.807, 2.05) is 23.6 Å². The summed E-state index contributed by atoms with van der Waals surface area (Å²) in [7, 11) is 0. The third-order valence-electron chi connectivity index (χ3n) is 3.61. The highest BCUT2D eigenvalue weighted by Gasteiger charge is 2.34. The molecule has 0 aliphatic carbocycles. The van der Waals surface area contributed by atoms with E-state index in [9.17, 15) is 14.7 Å². The predicted octanol–water partition coefficient (Wildman–Crippen LogP) is 1.94. The Morgan fingerprint density at radius 1 is 1.35 bits per heavy atom. The summed E-state index contributed by atoms with van der Waals surface area (Å²) in [5.74, 6) is -0.683. The normalized spacial score (nSPS) is 17.3. The Morgan fingerprint density at radius 3 is 2.87 bits per heavy atom. The molecule has 120 valence electrons. The van der Waals surface area contributed by atoms with E-state index in [0.29, 0.717) is 12.2 Å². The van der Waals surface area contributed by atoms with Gasteiger partial charge in [-0.1, -0.05) is 6.07 Å². The molecule has 0 N–H and O–H groups in total. The average Bonchev–Trinajstić information content (AvgIpc) is 3.26. The topological polar surface area (TPSA) is 85.9 Å². The molecule has 3 rings (SSSR count). The maximum atomic E-state index is 12.4.